The lowest BCUT2D eigenvalue weighted by atomic mass is 10.1. The summed E-state index contributed by atoms with van der Waals surface area (Å²) in [5.74, 6) is -0.624. The van der Waals surface area contributed by atoms with E-state index in [2.05, 4.69) is 5.10 Å². The van der Waals surface area contributed by atoms with E-state index in [4.69, 9.17) is 0 Å². The van der Waals surface area contributed by atoms with E-state index < -0.39 is 17.6 Å². The largest absolute Gasteiger partial charge is 0.416 e. The first-order chi connectivity index (χ1) is 15.2. The lowest BCUT2D eigenvalue weighted by molar-refractivity contribution is -0.137. The number of amides is 2. The number of aromatic nitrogens is 2. The smallest absolute Gasteiger partial charge is 0.335 e. The van der Waals surface area contributed by atoms with Crippen LogP contribution in [0.4, 0.5) is 13.2 Å². The van der Waals surface area contributed by atoms with Crippen molar-refractivity contribution in [2.24, 2.45) is 0 Å². The average molecular weight is 442 g/mol. The van der Waals surface area contributed by atoms with Crippen molar-refractivity contribution in [3.8, 4) is 5.69 Å². The molecule has 1 aliphatic heterocycles. The number of carbonyl (C=O) groups excluding carboxylic acids is 2. The molecule has 0 spiro atoms. The highest BCUT2D eigenvalue weighted by Gasteiger charge is 2.32. The van der Waals surface area contributed by atoms with Gasteiger partial charge in [0.1, 0.15) is 0 Å². The molecule has 0 bridgehead atoms. The molecule has 1 aliphatic rings. The van der Waals surface area contributed by atoms with Gasteiger partial charge in [-0.1, -0.05) is 6.07 Å². The van der Waals surface area contributed by atoms with Crippen molar-refractivity contribution in [2.45, 2.75) is 13.1 Å². The van der Waals surface area contributed by atoms with Crippen LogP contribution in [0.1, 0.15) is 31.8 Å². The van der Waals surface area contributed by atoms with Gasteiger partial charge in [0.05, 0.1) is 17.4 Å². The molecule has 1 aromatic heterocycles. The number of nitrogens with zero attached hydrogens (tertiary/aromatic N) is 4. The van der Waals surface area contributed by atoms with E-state index in [-0.39, 0.29) is 24.6 Å². The predicted octanol–water partition coefficient (Wildman–Crippen LogP) is 3.80. The molecule has 0 radical (unpaired) electrons. The van der Waals surface area contributed by atoms with Crippen LogP contribution in [-0.4, -0.2) is 57.6 Å². The van der Waals surface area contributed by atoms with Gasteiger partial charge in [0, 0.05) is 43.5 Å². The fraction of sp³-hybridized carbons (Fsp3) is 0.261. The lowest BCUT2D eigenvalue weighted by Gasteiger charge is -2.35. The Bertz CT molecular complexity index is 1130. The van der Waals surface area contributed by atoms with Crippen LogP contribution in [0, 0.1) is 6.92 Å². The topological polar surface area (TPSA) is 58.4 Å². The van der Waals surface area contributed by atoms with Gasteiger partial charge < -0.3 is 9.80 Å². The average Bonchev–Trinajstić information content (AvgIpc) is 3.24. The standard InChI is InChI=1S/C23H21F3N4O2/c1-16-14-27-30(15-16)20-7-5-17(6-8-20)21(31)28-9-11-29(12-10-28)22(32)18-3-2-4-19(13-18)23(24,25)26/h2-8,13-15H,9-12H2,1H3. The maximum atomic E-state index is 12.9. The minimum Gasteiger partial charge on any atom is -0.335 e. The molecular formula is C23H21F3N4O2. The number of aryl methyl sites for hydroxylation is 1. The summed E-state index contributed by atoms with van der Waals surface area (Å²) in [7, 11) is 0. The van der Waals surface area contributed by atoms with Crippen molar-refractivity contribution in [1.82, 2.24) is 19.6 Å². The van der Waals surface area contributed by atoms with E-state index in [1.807, 2.05) is 25.3 Å². The van der Waals surface area contributed by atoms with Gasteiger partial charge >= 0.3 is 6.18 Å². The van der Waals surface area contributed by atoms with Crippen LogP contribution in [0.25, 0.3) is 5.69 Å². The number of hydrogen-bond acceptors (Lipinski definition) is 3. The Balaban J connectivity index is 1.38. The number of alkyl halides is 3. The Hall–Kier alpha value is -3.62. The molecule has 2 aromatic carbocycles. The van der Waals surface area contributed by atoms with Crippen molar-refractivity contribution in [2.75, 3.05) is 26.2 Å². The highest BCUT2D eigenvalue weighted by atomic mass is 19.4. The molecule has 0 N–H and O–H groups in total. The molecule has 32 heavy (non-hydrogen) atoms. The summed E-state index contributed by atoms with van der Waals surface area (Å²) in [5.41, 5.74) is 1.53. The van der Waals surface area contributed by atoms with Gasteiger partial charge in [-0.25, -0.2) is 4.68 Å². The van der Waals surface area contributed by atoms with Gasteiger partial charge in [-0.2, -0.15) is 18.3 Å². The van der Waals surface area contributed by atoms with Crippen molar-refractivity contribution in [1.29, 1.82) is 0 Å². The normalized spacial score (nSPS) is 14.5. The molecule has 4 rings (SSSR count). The number of halogens is 3. The Morgan fingerprint density at radius 1 is 0.875 bits per heavy atom. The number of benzene rings is 2. The zero-order valence-corrected chi connectivity index (χ0v) is 17.3. The van der Waals surface area contributed by atoms with E-state index >= 15 is 0 Å². The molecule has 3 aromatic rings. The Labute approximate surface area is 182 Å². The van der Waals surface area contributed by atoms with Crippen LogP contribution in [0.3, 0.4) is 0 Å². The first-order valence-electron chi connectivity index (χ1n) is 10.1. The summed E-state index contributed by atoms with van der Waals surface area (Å²) in [4.78, 5) is 28.6. The Morgan fingerprint density at radius 2 is 1.47 bits per heavy atom. The van der Waals surface area contributed by atoms with Crippen LogP contribution in [-0.2, 0) is 6.18 Å². The fourth-order valence-electron chi connectivity index (χ4n) is 3.62. The summed E-state index contributed by atoms with van der Waals surface area (Å²) in [6.45, 7) is 3.07. The number of piperazine rings is 1. The van der Waals surface area contributed by atoms with E-state index in [9.17, 15) is 22.8 Å². The summed E-state index contributed by atoms with van der Waals surface area (Å²) in [5, 5.41) is 4.24. The van der Waals surface area contributed by atoms with Crippen molar-refractivity contribution in [3.05, 3.63) is 83.2 Å². The first-order valence-corrected chi connectivity index (χ1v) is 10.1. The number of carbonyl (C=O) groups is 2. The summed E-state index contributed by atoms with van der Waals surface area (Å²) >= 11 is 0. The number of hydrogen-bond donors (Lipinski definition) is 0. The van der Waals surface area contributed by atoms with Crippen LogP contribution < -0.4 is 0 Å². The van der Waals surface area contributed by atoms with Crippen LogP contribution in [0.2, 0.25) is 0 Å². The first kappa shape index (κ1) is 21.6. The molecule has 2 heterocycles. The van der Waals surface area contributed by atoms with E-state index in [1.165, 1.54) is 17.0 Å². The second kappa shape index (κ2) is 8.49. The maximum absolute atomic E-state index is 12.9. The third-order valence-electron chi connectivity index (χ3n) is 5.38. The van der Waals surface area contributed by atoms with Gasteiger partial charge in [0.25, 0.3) is 11.8 Å². The molecule has 1 saturated heterocycles. The van der Waals surface area contributed by atoms with Gasteiger partial charge in [-0.15, -0.1) is 0 Å². The molecule has 9 heteroatoms. The highest BCUT2D eigenvalue weighted by molar-refractivity contribution is 5.96. The minimum atomic E-state index is -4.51. The Kier molecular flexibility index (Phi) is 5.73. The monoisotopic (exact) mass is 442 g/mol. The molecule has 6 nitrogen and oxygen atoms in total. The predicted molar refractivity (Wildman–Crippen MR) is 112 cm³/mol. The molecule has 0 atom stereocenters. The summed E-state index contributed by atoms with van der Waals surface area (Å²) in [6, 6.07) is 11.5. The third kappa shape index (κ3) is 4.51. The molecule has 0 saturated carbocycles. The zero-order chi connectivity index (χ0) is 22.9. The van der Waals surface area contributed by atoms with Gasteiger partial charge in [0.2, 0.25) is 0 Å². The fourth-order valence-corrected chi connectivity index (χ4v) is 3.62. The molecule has 0 aliphatic carbocycles. The second-order valence-corrected chi connectivity index (χ2v) is 7.67. The van der Waals surface area contributed by atoms with Gasteiger partial charge in [-0.05, 0) is 55.0 Å². The molecule has 2 amide bonds. The minimum absolute atomic E-state index is 0.0101. The van der Waals surface area contributed by atoms with Crippen LogP contribution in [0.15, 0.2) is 60.9 Å². The van der Waals surface area contributed by atoms with E-state index in [1.54, 1.807) is 27.9 Å². The van der Waals surface area contributed by atoms with Crippen molar-refractivity contribution >= 4 is 11.8 Å². The molecule has 166 valence electrons. The van der Waals surface area contributed by atoms with Crippen LogP contribution in [0.5, 0.6) is 0 Å². The Morgan fingerprint density at radius 3 is 2.00 bits per heavy atom. The maximum Gasteiger partial charge on any atom is 0.416 e. The van der Waals surface area contributed by atoms with Gasteiger partial charge in [-0.3, -0.25) is 9.59 Å². The summed E-state index contributed by atoms with van der Waals surface area (Å²) in [6.07, 6.45) is -0.871. The molecule has 0 unspecified atom stereocenters. The highest BCUT2D eigenvalue weighted by Crippen LogP contribution is 2.29. The second-order valence-electron chi connectivity index (χ2n) is 7.67. The van der Waals surface area contributed by atoms with Crippen LogP contribution >= 0.6 is 0 Å². The van der Waals surface area contributed by atoms with Gasteiger partial charge in [0.15, 0.2) is 0 Å². The summed E-state index contributed by atoms with van der Waals surface area (Å²) < 4.78 is 40.5. The SMILES string of the molecule is Cc1cnn(-c2ccc(C(=O)N3CCN(C(=O)c4cccc(C(F)(F)F)c4)CC3)cc2)c1. The van der Waals surface area contributed by atoms with E-state index in [0.717, 1.165) is 23.4 Å². The van der Waals surface area contributed by atoms with Crippen molar-refractivity contribution < 1.29 is 22.8 Å². The van der Waals surface area contributed by atoms with E-state index in [0.29, 0.717) is 18.7 Å². The number of rotatable bonds is 3. The van der Waals surface area contributed by atoms with Crippen molar-refractivity contribution in [3.63, 3.8) is 0 Å². The third-order valence-corrected chi connectivity index (χ3v) is 5.38. The molecular weight excluding hydrogens is 421 g/mol. The quantitative estimate of drug-likeness (QED) is 0.620. The lowest BCUT2D eigenvalue weighted by Crippen LogP contribution is -2.50. The molecule has 1 fully saturated rings. The zero-order valence-electron chi connectivity index (χ0n) is 17.3.